The van der Waals surface area contributed by atoms with Gasteiger partial charge in [0.15, 0.2) is 0 Å². The highest BCUT2D eigenvalue weighted by molar-refractivity contribution is 6.17. The Morgan fingerprint density at radius 2 is 1.17 bits per heavy atom. The molecule has 0 bridgehead atoms. The topological polar surface area (TPSA) is 46.2 Å². The molecule has 0 aliphatic carbocycles. The van der Waals surface area contributed by atoms with Gasteiger partial charge in [-0.15, -0.1) is 0 Å². The standard InChI is InChI=1S/C13H8F13NO2/c14-8(15,2-1-3-9(16,17)18)11(21,22)13(25,26)12(23,24)10(19,20)5-4-6(28)27-7(5)29/h4H,1-3H2,(H,27,28,29). The molecule has 0 fully saturated rings. The third-order valence-electron chi connectivity index (χ3n) is 3.69. The average molecular weight is 457 g/mol. The van der Waals surface area contributed by atoms with Crippen LogP contribution in [0.4, 0.5) is 57.1 Å². The van der Waals surface area contributed by atoms with E-state index in [1.165, 1.54) is 0 Å². The van der Waals surface area contributed by atoms with E-state index in [1.807, 2.05) is 0 Å². The first-order valence-electron chi connectivity index (χ1n) is 7.15. The maximum atomic E-state index is 13.7. The second-order valence-corrected chi connectivity index (χ2v) is 5.85. The fraction of sp³-hybridized carbons (Fsp3) is 0.692. The molecule has 0 unspecified atom stereocenters. The minimum Gasteiger partial charge on any atom is -0.289 e. The number of carbonyl (C=O) groups is 2. The Hall–Kier alpha value is -2.03. The maximum Gasteiger partial charge on any atom is 0.389 e. The second kappa shape index (κ2) is 7.04. The summed E-state index contributed by atoms with van der Waals surface area (Å²) in [5, 5.41) is 0.937. The fourth-order valence-corrected chi connectivity index (χ4v) is 2.11. The Morgan fingerprint density at radius 1 is 0.690 bits per heavy atom. The van der Waals surface area contributed by atoms with Crippen LogP contribution in [0.25, 0.3) is 0 Å². The normalized spacial score (nSPS) is 17.5. The molecule has 1 N–H and O–H groups in total. The lowest BCUT2D eigenvalue weighted by molar-refractivity contribution is -0.396. The number of amides is 2. The summed E-state index contributed by atoms with van der Waals surface area (Å²) in [6, 6.07) is 0. The van der Waals surface area contributed by atoms with E-state index in [2.05, 4.69) is 0 Å². The molecule has 1 aliphatic heterocycles. The number of imide groups is 1. The molecule has 168 valence electrons. The van der Waals surface area contributed by atoms with E-state index >= 15 is 0 Å². The zero-order chi connectivity index (χ0) is 23.3. The van der Waals surface area contributed by atoms with Gasteiger partial charge in [-0.05, 0) is 6.42 Å². The Kier molecular flexibility index (Phi) is 6.07. The predicted octanol–water partition coefficient (Wildman–Crippen LogP) is 4.48. The van der Waals surface area contributed by atoms with Crippen LogP contribution in [0, 0.1) is 0 Å². The van der Waals surface area contributed by atoms with Gasteiger partial charge in [0.2, 0.25) is 0 Å². The largest absolute Gasteiger partial charge is 0.389 e. The molecule has 1 rings (SSSR count). The molecule has 0 radical (unpaired) electrons. The van der Waals surface area contributed by atoms with Crippen molar-refractivity contribution >= 4 is 11.8 Å². The molecular formula is C13H8F13NO2. The van der Waals surface area contributed by atoms with Crippen LogP contribution in [0.1, 0.15) is 19.3 Å². The van der Waals surface area contributed by atoms with E-state index in [9.17, 15) is 66.7 Å². The molecule has 1 aliphatic rings. The smallest absolute Gasteiger partial charge is 0.289 e. The first kappa shape index (κ1) is 25.0. The van der Waals surface area contributed by atoms with E-state index in [-0.39, 0.29) is 0 Å². The van der Waals surface area contributed by atoms with Crippen molar-refractivity contribution in [1.82, 2.24) is 5.32 Å². The summed E-state index contributed by atoms with van der Waals surface area (Å²) in [6.45, 7) is 0. The van der Waals surface area contributed by atoms with Crippen molar-refractivity contribution in [1.29, 1.82) is 0 Å². The molecule has 0 aromatic carbocycles. The number of carbonyl (C=O) groups excluding carboxylic acids is 2. The summed E-state index contributed by atoms with van der Waals surface area (Å²) >= 11 is 0. The molecule has 0 saturated carbocycles. The minimum absolute atomic E-state index is 0.619. The number of alkyl halides is 13. The van der Waals surface area contributed by atoms with Gasteiger partial charge in [0.25, 0.3) is 11.8 Å². The Bertz CT molecular complexity index is 708. The van der Waals surface area contributed by atoms with Gasteiger partial charge < -0.3 is 0 Å². The van der Waals surface area contributed by atoms with Crippen molar-refractivity contribution < 1.29 is 66.7 Å². The highest BCUT2D eigenvalue weighted by atomic mass is 19.4. The molecule has 0 aromatic rings. The van der Waals surface area contributed by atoms with Gasteiger partial charge in [-0.2, -0.15) is 57.1 Å². The lowest BCUT2D eigenvalue weighted by Gasteiger charge is -2.39. The molecule has 0 spiro atoms. The minimum atomic E-state index is -7.56. The number of hydrogen-bond acceptors (Lipinski definition) is 2. The van der Waals surface area contributed by atoms with E-state index in [4.69, 9.17) is 0 Å². The van der Waals surface area contributed by atoms with E-state index in [0.29, 0.717) is 0 Å². The molecule has 16 heteroatoms. The Morgan fingerprint density at radius 3 is 1.55 bits per heavy atom. The van der Waals surface area contributed by atoms with Gasteiger partial charge in [-0.25, -0.2) is 0 Å². The number of halogens is 13. The molecule has 0 aromatic heterocycles. The Labute approximate surface area is 151 Å². The van der Waals surface area contributed by atoms with Crippen LogP contribution in [-0.2, 0) is 9.59 Å². The number of hydrogen-bond donors (Lipinski definition) is 1. The fourth-order valence-electron chi connectivity index (χ4n) is 2.11. The van der Waals surface area contributed by atoms with Gasteiger partial charge >= 0.3 is 35.8 Å². The average Bonchev–Trinajstić information content (AvgIpc) is 2.84. The zero-order valence-corrected chi connectivity index (χ0v) is 13.4. The molecular weight excluding hydrogens is 449 g/mol. The van der Waals surface area contributed by atoms with Gasteiger partial charge in [-0.3, -0.25) is 14.9 Å². The number of rotatable bonds is 8. The van der Waals surface area contributed by atoms with E-state index in [1.54, 1.807) is 0 Å². The van der Waals surface area contributed by atoms with Crippen molar-refractivity contribution in [3.8, 4) is 0 Å². The highest BCUT2D eigenvalue weighted by Gasteiger charge is 2.86. The third-order valence-corrected chi connectivity index (χ3v) is 3.69. The van der Waals surface area contributed by atoms with Crippen molar-refractivity contribution in [2.24, 2.45) is 0 Å². The quantitative estimate of drug-likeness (QED) is 0.432. The lowest BCUT2D eigenvalue weighted by atomic mass is 9.89. The first-order chi connectivity index (χ1) is 12.6. The summed E-state index contributed by atoms with van der Waals surface area (Å²) in [5.74, 6) is -39.1. The van der Waals surface area contributed by atoms with Gasteiger partial charge in [-0.1, -0.05) is 0 Å². The van der Waals surface area contributed by atoms with Crippen LogP contribution in [-0.4, -0.2) is 47.6 Å². The lowest BCUT2D eigenvalue weighted by Crippen LogP contribution is -2.67. The highest BCUT2D eigenvalue weighted by Crippen LogP contribution is 2.59. The van der Waals surface area contributed by atoms with Crippen molar-refractivity contribution in [3.05, 3.63) is 11.6 Å². The van der Waals surface area contributed by atoms with Crippen molar-refractivity contribution in [3.63, 3.8) is 0 Å². The SMILES string of the molecule is O=C1C=C(C(F)(F)C(F)(F)C(F)(F)C(F)(F)C(F)(F)CCCC(F)(F)F)C(=O)N1. The Balaban J connectivity index is 3.29. The monoisotopic (exact) mass is 457 g/mol. The van der Waals surface area contributed by atoms with Crippen LogP contribution in [0.2, 0.25) is 0 Å². The molecule has 2 amide bonds. The summed E-state index contributed by atoms with van der Waals surface area (Å²) in [5.41, 5.74) is -2.69. The van der Waals surface area contributed by atoms with Gasteiger partial charge in [0.1, 0.15) is 0 Å². The van der Waals surface area contributed by atoms with Gasteiger partial charge in [0, 0.05) is 18.9 Å². The van der Waals surface area contributed by atoms with Crippen LogP contribution in [0.5, 0.6) is 0 Å². The van der Waals surface area contributed by atoms with Gasteiger partial charge in [0.05, 0.1) is 5.57 Å². The number of nitrogens with one attached hydrogen (secondary N) is 1. The zero-order valence-electron chi connectivity index (χ0n) is 13.4. The van der Waals surface area contributed by atoms with E-state index < -0.39 is 78.5 Å². The summed E-state index contributed by atoms with van der Waals surface area (Å²) in [4.78, 5) is 21.7. The van der Waals surface area contributed by atoms with E-state index in [0.717, 1.165) is 5.32 Å². The van der Waals surface area contributed by atoms with Crippen LogP contribution in [0.15, 0.2) is 11.6 Å². The molecule has 0 atom stereocenters. The van der Waals surface area contributed by atoms with Crippen LogP contribution in [0.3, 0.4) is 0 Å². The summed E-state index contributed by atoms with van der Waals surface area (Å²) in [6.07, 6.45) is -12.6. The van der Waals surface area contributed by atoms with Crippen molar-refractivity contribution in [2.75, 3.05) is 0 Å². The molecule has 29 heavy (non-hydrogen) atoms. The van der Waals surface area contributed by atoms with Crippen LogP contribution < -0.4 is 5.32 Å². The maximum absolute atomic E-state index is 13.7. The first-order valence-corrected chi connectivity index (χ1v) is 7.15. The summed E-state index contributed by atoms with van der Waals surface area (Å²) < 4.78 is 171. The third kappa shape index (κ3) is 4.15. The van der Waals surface area contributed by atoms with Crippen LogP contribution >= 0.6 is 0 Å². The second-order valence-electron chi connectivity index (χ2n) is 5.85. The predicted molar refractivity (Wildman–Crippen MR) is 65.9 cm³/mol. The summed E-state index contributed by atoms with van der Waals surface area (Å²) in [7, 11) is 0. The molecule has 3 nitrogen and oxygen atoms in total. The van der Waals surface area contributed by atoms with Crippen molar-refractivity contribution in [2.45, 2.75) is 55.1 Å². The molecule has 0 saturated heterocycles. The molecule has 1 heterocycles.